The van der Waals surface area contributed by atoms with Crippen molar-refractivity contribution in [1.29, 1.82) is 5.26 Å². The van der Waals surface area contributed by atoms with Crippen molar-refractivity contribution in [2.75, 3.05) is 31.1 Å². The third-order valence-electron chi connectivity index (χ3n) is 5.91. The standard InChI is InChI=1S/C26H27F3N4O3/c1-4-32(5-2)16-21-22(24(34)36-6-3)23(18-12-10-17(15-30)11-13-18)31-25(35)33(21)20-9-7-8-19(14-20)26(27,28)29/h7-14,23H,4-6,16H2,1-3H3,(H,31,35). The Kier molecular flexibility index (Phi) is 8.37. The number of hydrogen-bond donors (Lipinski definition) is 1. The second-order valence-corrected chi connectivity index (χ2v) is 8.04. The lowest BCUT2D eigenvalue weighted by atomic mass is 9.93. The number of alkyl halides is 3. The summed E-state index contributed by atoms with van der Waals surface area (Å²) in [6.45, 7) is 6.81. The van der Waals surface area contributed by atoms with E-state index in [1.54, 1.807) is 31.2 Å². The molecule has 36 heavy (non-hydrogen) atoms. The lowest BCUT2D eigenvalue weighted by molar-refractivity contribution is -0.139. The molecule has 1 atom stereocenters. The average Bonchev–Trinajstić information content (AvgIpc) is 2.86. The van der Waals surface area contributed by atoms with Crippen molar-refractivity contribution in [2.24, 2.45) is 0 Å². The molecule has 0 bridgehead atoms. The van der Waals surface area contributed by atoms with Crippen LogP contribution in [0.15, 0.2) is 59.8 Å². The van der Waals surface area contributed by atoms with Gasteiger partial charge in [-0.3, -0.25) is 9.80 Å². The lowest BCUT2D eigenvalue weighted by Gasteiger charge is -2.38. The zero-order valence-electron chi connectivity index (χ0n) is 20.2. The van der Waals surface area contributed by atoms with Gasteiger partial charge < -0.3 is 10.1 Å². The van der Waals surface area contributed by atoms with Crippen molar-refractivity contribution < 1.29 is 27.5 Å². The van der Waals surface area contributed by atoms with Gasteiger partial charge in [0.25, 0.3) is 0 Å². The van der Waals surface area contributed by atoms with E-state index in [9.17, 15) is 22.8 Å². The van der Waals surface area contributed by atoms with Gasteiger partial charge in [-0.15, -0.1) is 0 Å². The molecule has 0 aliphatic carbocycles. The molecule has 0 radical (unpaired) electrons. The largest absolute Gasteiger partial charge is 0.463 e. The monoisotopic (exact) mass is 500 g/mol. The molecule has 10 heteroatoms. The number of anilines is 1. The number of nitriles is 1. The summed E-state index contributed by atoms with van der Waals surface area (Å²) in [5, 5.41) is 11.9. The summed E-state index contributed by atoms with van der Waals surface area (Å²) < 4.78 is 45.7. The van der Waals surface area contributed by atoms with Gasteiger partial charge in [-0.1, -0.05) is 32.0 Å². The van der Waals surface area contributed by atoms with Crippen LogP contribution in [0, 0.1) is 11.3 Å². The quantitative estimate of drug-likeness (QED) is 0.515. The first-order valence-corrected chi connectivity index (χ1v) is 11.5. The van der Waals surface area contributed by atoms with E-state index in [0.29, 0.717) is 24.2 Å². The fourth-order valence-electron chi connectivity index (χ4n) is 4.02. The Morgan fingerprint density at radius 2 is 1.81 bits per heavy atom. The molecule has 2 aromatic rings. The van der Waals surface area contributed by atoms with Crippen LogP contribution in [0.3, 0.4) is 0 Å². The third kappa shape index (κ3) is 5.69. The molecule has 3 rings (SSSR count). The van der Waals surface area contributed by atoms with E-state index in [4.69, 9.17) is 10.00 Å². The smallest absolute Gasteiger partial charge is 0.416 e. The zero-order chi connectivity index (χ0) is 26.5. The summed E-state index contributed by atoms with van der Waals surface area (Å²) in [5.74, 6) is -0.689. The number of carbonyl (C=O) groups is 2. The molecule has 1 heterocycles. The number of nitrogens with zero attached hydrogens (tertiary/aromatic N) is 3. The van der Waals surface area contributed by atoms with Crippen molar-refractivity contribution in [3.63, 3.8) is 0 Å². The molecule has 0 saturated carbocycles. The van der Waals surface area contributed by atoms with Gasteiger partial charge >= 0.3 is 18.2 Å². The summed E-state index contributed by atoms with van der Waals surface area (Å²) in [6, 6.07) is 11.2. The van der Waals surface area contributed by atoms with E-state index in [1.807, 2.05) is 24.8 Å². The number of hydrogen-bond acceptors (Lipinski definition) is 5. The van der Waals surface area contributed by atoms with Gasteiger partial charge in [0.05, 0.1) is 46.8 Å². The highest BCUT2D eigenvalue weighted by atomic mass is 19.4. The maximum atomic E-state index is 13.5. The van der Waals surface area contributed by atoms with E-state index in [0.717, 1.165) is 17.0 Å². The van der Waals surface area contributed by atoms with Crippen LogP contribution in [0.2, 0.25) is 0 Å². The van der Waals surface area contributed by atoms with Gasteiger partial charge in [0, 0.05) is 6.54 Å². The Hall–Kier alpha value is -3.84. The van der Waals surface area contributed by atoms with Crippen LogP contribution in [0.25, 0.3) is 0 Å². The van der Waals surface area contributed by atoms with Crippen molar-refractivity contribution in [3.8, 4) is 6.07 Å². The van der Waals surface area contributed by atoms with Crippen molar-refractivity contribution in [3.05, 3.63) is 76.5 Å². The number of halogens is 3. The Bertz CT molecular complexity index is 1180. The minimum atomic E-state index is -4.61. The first kappa shape index (κ1) is 26.8. The predicted octanol–water partition coefficient (Wildman–Crippen LogP) is 5.01. The zero-order valence-corrected chi connectivity index (χ0v) is 20.2. The molecule has 2 aromatic carbocycles. The van der Waals surface area contributed by atoms with E-state index >= 15 is 0 Å². The van der Waals surface area contributed by atoms with E-state index in [-0.39, 0.29) is 30.1 Å². The highest BCUT2D eigenvalue weighted by Crippen LogP contribution is 2.37. The normalized spacial score (nSPS) is 16.1. The molecule has 1 aliphatic heterocycles. The van der Waals surface area contributed by atoms with Gasteiger partial charge in [-0.05, 0) is 55.9 Å². The topological polar surface area (TPSA) is 85.7 Å². The molecule has 0 saturated heterocycles. The average molecular weight is 501 g/mol. The number of urea groups is 1. The van der Waals surface area contributed by atoms with Crippen LogP contribution in [-0.2, 0) is 15.7 Å². The number of likely N-dealkylation sites (N-methyl/N-ethyl adjacent to an activating group) is 1. The molecule has 1 unspecified atom stereocenters. The minimum absolute atomic E-state index is 0.0236. The summed E-state index contributed by atoms with van der Waals surface area (Å²) >= 11 is 0. The maximum absolute atomic E-state index is 13.5. The summed E-state index contributed by atoms with van der Waals surface area (Å²) in [7, 11) is 0. The number of benzene rings is 2. The fourth-order valence-corrected chi connectivity index (χ4v) is 4.02. The second-order valence-electron chi connectivity index (χ2n) is 8.04. The van der Waals surface area contributed by atoms with Crippen LogP contribution in [0.4, 0.5) is 23.7 Å². The molecule has 190 valence electrons. The van der Waals surface area contributed by atoms with Gasteiger partial charge in [-0.25, -0.2) is 9.59 Å². The van der Waals surface area contributed by atoms with Crippen molar-refractivity contribution in [2.45, 2.75) is 33.0 Å². The number of carbonyl (C=O) groups excluding carboxylic acids is 2. The van der Waals surface area contributed by atoms with Crippen molar-refractivity contribution >= 4 is 17.7 Å². The highest BCUT2D eigenvalue weighted by molar-refractivity contribution is 6.03. The molecular formula is C26H27F3N4O3. The SMILES string of the molecule is CCOC(=O)C1=C(CN(CC)CC)N(c2cccc(C(F)(F)F)c2)C(=O)NC1c1ccc(C#N)cc1. The highest BCUT2D eigenvalue weighted by Gasteiger charge is 2.40. The molecule has 2 amide bonds. The first-order valence-electron chi connectivity index (χ1n) is 11.5. The Morgan fingerprint density at radius 3 is 2.36 bits per heavy atom. The molecule has 0 spiro atoms. The Morgan fingerprint density at radius 1 is 1.14 bits per heavy atom. The number of nitrogens with one attached hydrogen (secondary N) is 1. The Balaban J connectivity index is 2.27. The van der Waals surface area contributed by atoms with Gasteiger partial charge in [0.2, 0.25) is 0 Å². The lowest BCUT2D eigenvalue weighted by Crippen LogP contribution is -2.51. The van der Waals surface area contributed by atoms with Crippen LogP contribution >= 0.6 is 0 Å². The minimum Gasteiger partial charge on any atom is -0.463 e. The third-order valence-corrected chi connectivity index (χ3v) is 5.91. The molecule has 0 fully saturated rings. The van der Waals surface area contributed by atoms with Crippen LogP contribution in [-0.4, -0.2) is 43.1 Å². The number of amides is 2. The Labute approximate surface area is 207 Å². The van der Waals surface area contributed by atoms with Gasteiger partial charge in [-0.2, -0.15) is 18.4 Å². The molecule has 0 aromatic heterocycles. The summed E-state index contributed by atoms with van der Waals surface area (Å²) in [4.78, 5) is 29.8. The van der Waals surface area contributed by atoms with Crippen LogP contribution in [0.1, 0.15) is 43.5 Å². The van der Waals surface area contributed by atoms with Crippen LogP contribution in [0.5, 0.6) is 0 Å². The number of rotatable bonds is 8. The van der Waals surface area contributed by atoms with Gasteiger partial charge in [0.1, 0.15) is 0 Å². The molecule has 1 aliphatic rings. The number of ether oxygens (including phenoxy) is 1. The molecule has 1 N–H and O–H groups in total. The van der Waals surface area contributed by atoms with E-state index in [2.05, 4.69) is 5.32 Å². The fraction of sp³-hybridized carbons (Fsp3) is 0.346. The van der Waals surface area contributed by atoms with E-state index in [1.165, 1.54) is 12.1 Å². The van der Waals surface area contributed by atoms with Gasteiger partial charge in [0.15, 0.2) is 0 Å². The number of esters is 1. The molecular weight excluding hydrogens is 473 g/mol. The summed E-state index contributed by atoms with van der Waals surface area (Å²) in [5.41, 5.74) is 0.342. The second kappa shape index (κ2) is 11.3. The predicted molar refractivity (Wildman–Crippen MR) is 128 cm³/mol. The van der Waals surface area contributed by atoms with Crippen LogP contribution < -0.4 is 10.2 Å². The molecule has 7 nitrogen and oxygen atoms in total. The van der Waals surface area contributed by atoms with E-state index < -0.39 is 29.8 Å². The maximum Gasteiger partial charge on any atom is 0.416 e. The first-order chi connectivity index (χ1) is 17.1. The summed E-state index contributed by atoms with van der Waals surface area (Å²) in [6.07, 6.45) is -4.61. The van der Waals surface area contributed by atoms with Crippen molar-refractivity contribution in [1.82, 2.24) is 10.2 Å².